The summed E-state index contributed by atoms with van der Waals surface area (Å²) in [5.74, 6) is 1.43. The van der Waals surface area contributed by atoms with E-state index in [-0.39, 0.29) is 5.97 Å². The van der Waals surface area contributed by atoms with Gasteiger partial charge in [0.25, 0.3) is 0 Å². The second kappa shape index (κ2) is 8.37. The molecule has 1 aliphatic heterocycles. The van der Waals surface area contributed by atoms with Gasteiger partial charge in [0.2, 0.25) is 0 Å². The van der Waals surface area contributed by atoms with E-state index in [0.717, 1.165) is 49.1 Å². The van der Waals surface area contributed by atoms with Crippen LogP contribution in [0.3, 0.4) is 0 Å². The van der Waals surface area contributed by atoms with Crippen LogP contribution in [0.2, 0.25) is 0 Å². The number of rotatable bonds is 6. The molecule has 0 aromatic carbocycles. The van der Waals surface area contributed by atoms with Crippen LogP contribution in [0, 0.1) is 5.92 Å². The lowest BCUT2D eigenvalue weighted by molar-refractivity contribution is -0.145. The number of carbonyl (C=O) groups is 1. The Morgan fingerprint density at radius 2 is 2.19 bits per heavy atom. The fourth-order valence-electron chi connectivity index (χ4n) is 2.55. The molecule has 1 fully saturated rings. The third-order valence-electron chi connectivity index (χ3n) is 3.87. The molecule has 0 radical (unpaired) electrons. The number of nitrogens with zero attached hydrogens (tertiary/aromatic N) is 2. The monoisotopic (exact) mass is 354 g/mol. The van der Waals surface area contributed by atoms with Crippen molar-refractivity contribution >= 4 is 27.7 Å². The van der Waals surface area contributed by atoms with E-state index < -0.39 is 0 Å². The number of unbranched alkanes of at least 4 members (excludes halogenated alkanes) is 1. The fraction of sp³-hybridized carbons (Fsp3) is 0.625. The molecule has 1 aromatic heterocycles. The van der Waals surface area contributed by atoms with Gasteiger partial charge in [0.1, 0.15) is 5.82 Å². The summed E-state index contributed by atoms with van der Waals surface area (Å²) in [5, 5.41) is 0. The highest BCUT2D eigenvalue weighted by Crippen LogP contribution is 2.25. The molecule has 2 rings (SSSR count). The van der Waals surface area contributed by atoms with Crippen LogP contribution in [-0.4, -0.2) is 30.6 Å². The maximum absolute atomic E-state index is 11.7. The van der Waals surface area contributed by atoms with Gasteiger partial charge in [-0.3, -0.25) is 4.79 Å². The number of aromatic nitrogens is 1. The van der Waals surface area contributed by atoms with Gasteiger partial charge in [-0.05, 0) is 53.2 Å². The van der Waals surface area contributed by atoms with E-state index in [2.05, 4.69) is 32.7 Å². The highest BCUT2D eigenvalue weighted by molar-refractivity contribution is 9.10. The molecule has 0 bridgehead atoms. The normalized spacial score (nSPS) is 16.0. The lowest BCUT2D eigenvalue weighted by atomic mass is 9.93. The Balaban J connectivity index is 1.73. The van der Waals surface area contributed by atoms with E-state index in [1.807, 2.05) is 18.3 Å². The molecule has 0 saturated carbocycles. The molecule has 0 spiro atoms. The molecular weight excluding hydrogens is 332 g/mol. The summed E-state index contributed by atoms with van der Waals surface area (Å²) in [5.41, 5.74) is 0. The van der Waals surface area contributed by atoms with Crippen molar-refractivity contribution < 1.29 is 9.53 Å². The summed E-state index contributed by atoms with van der Waals surface area (Å²) in [7, 11) is 0. The number of piperidine rings is 1. The predicted molar refractivity (Wildman–Crippen MR) is 87.4 cm³/mol. The van der Waals surface area contributed by atoms with Gasteiger partial charge in [-0.15, -0.1) is 0 Å². The lowest BCUT2D eigenvalue weighted by Crippen LogP contribution is -2.35. The topological polar surface area (TPSA) is 42.4 Å². The third-order valence-corrected chi connectivity index (χ3v) is 4.34. The number of pyridine rings is 1. The second-order valence-corrected chi connectivity index (χ2v) is 6.46. The quantitative estimate of drug-likeness (QED) is 0.575. The van der Waals surface area contributed by atoms with Gasteiger partial charge in [-0.25, -0.2) is 4.98 Å². The van der Waals surface area contributed by atoms with Gasteiger partial charge in [-0.1, -0.05) is 13.3 Å². The Morgan fingerprint density at radius 3 is 2.81 bits per heavy atom. The summed E-state index contributed by atoms with van der Waals surface area (Å²) in [4.78, 5) is 18.4. The molecule has 0 atom stereocenters. The average Bonchev–Trinajstić information content (AvgIpc) is 2.49. The van der Waals surface area contributed by atoms with Gasteiger partial charge in [0.05, 0.1) is 6.61 Å². The Hall–Kier alpha value is -1.10. The summed E-state index contributed by atoms with van der Waals surface area (Å²) in [6.45, 7) is 4.58. The van der Waals surface area contributed by atoms with Gasteiger partial charge in [-0.2, -0.15) is 0 Å². The zero-order valence-corrected chi connectivity index (χ0v) is 14.1. The first kappa shape index (κ1) is 16.3. The standard InChI is InChI=1S/C16H23BrN2O2/c1-2-3-10-21-16(20)11-13-6-8-19(9-7-13)15-5-4-14(17)12-18-15/h4-5,12-13H,2-3,6-11H2,1H3. The summed E-state index contributed by atoms with van der Waals surface area (Å²) in [6.07, 6.45) is 6.46. The molecular formula is C16H23BrN2O2. The summed E-state index contributed by atoms with van der Waals surface area (Å²) in [6, 6.07) is 4.04. The molecule has 0 amide bonds. The molecule has 116 valence electrons. The van der Waals surface area contributed by atoms with Crippen molar-refractivity contribution in [1.82, 2.24) is 4.98 Å². The van der Waals surface area contributed by atoms with Crippen molar-refractivity contribution in [2.75, 3.05) is 24.6 Å². The Labute approximate surface area is 135 Å². The SMILES string of the molecule is CCCCOC(=O)CC1CCN(c2ccc(Br)cn2)CC1. The summed E-state index contributed by atoms with van der Waals surface area (Å²) >= 11 is 3.40. The largest absolute Gasteiger partial charge is 0.466 e. The van der Waals surface area contributed by atoms with Crippen LogP contribution < -0.4 is 4.90 Å². The van der Waals surface area contributed by atoms with Gasteiger partial charge in [0, 0.05) is 30.2 Å². The van der Waals surface area contributed by atoms with E-state index in [1.54, 1.807) is 0 Å². The number of carbonyl (C=O) groups excluding carboxylic acids is 1. The number of ether oxygens (including phenoxy) is 1. The second-order valence-electron chi connectivity index (χ2n) is 5.54. The van der Waals surface area contributed by atoms with Crippen LogP contribution in [-0.2, 0) is 9.53 Å². The smallest absolute Gasteiger partial charge is 0.306 e. The Morgan fingerprint density at radius 1 is 1.43 bits per heavy atom. The molecule has 4 nitrogen and oxygen atoms in total. The zero-order valence-electron chi connectivity index (χ0n) is 12.6. The van der Waals surface area contributed by atoms with Crippen LogP contribution in [0.4, 0.5) is 5.82 Å². The highest BCUT2D eigenvalue weighted by atomic mass is 79.9. The van der Waals surface area contributed by atoms with E-state index in [1.165, 1.54) is 0 Å². The minimum atomic E-state index is -0.0383. The maximum Gasteiger partial charge on any atom is 0.306 e. The lowest BCUT2D eigenvalue weighted by Gasteiger charge is -2.32. The zero-order chi connectivity index (χ0) is 15.1. The number of esters is 1. The van der Waals surface area contributed by atoms with Gasteiger partial charge >= 0.3 is 5.97 Å². The van der Waals surface area contributed by atoms with Gasteiger partial charge in [0.15, 0.2) is 0 Å². The van der Waals surface area contributed by atoms with Crippen molar-refractivity contribution in [3.8, 4) is 0 Å². The number of hydrogen-bond acceptors (Lipinski definition) is 4. The van der Waals surface area contributed by atoms with Crippen molar-refractivity contribution in [2.45, 2.75) is 39.0 Å². The number of hydrogen-bond donors (Lipinski definition) is 0. The first-order valence-electron chi connectivity index (χ1n) is 7.71. The number of anilines is 1. The van der Waals surface area contributed by atoms with Crippen LogP contribution in [0.15, 0.2) is 22.8 Å². The van der Waals surface area contributed by atoms with E-state index in [0.29, 0.717) is 18.9 Å². The van der Waals surface area contributed by atoms with Crippen LogP contribution in [0.1, 0.15) is 39.0 Å². The molecule has 0 aliphatic carbocycles. The Bertz CT molecular complexity index is 442. The molecule has 1 saturated heterocycles. The molecule has 5 heteroatoms. The van der Waals surface area contributed by atoms with Crippen LogP contribution in [0.25, 0.3) is 0 Å². The first-order chi connectivity index (χ1) is 10.2. The molecule has 0 unspecified atom stereocenters. The highest BCUT2D eigenvalue weighted by Gasteiger charge is 2.22. The van der Waals surface area contributed by atoms with E-state index >= 15 is 0 Å². The predicted octanol–water partition coefficient (Wildman–Crippen LogP) is 3.79. The van der Waals surface area contributed by atoms with Crippen molar-refractivity contribution in [3.63, 3.8) is 0 Å². The summed E-state index contributed by atoms with van der Waals surface area (Å²) < 4.78 is 6.24. The molecule has 2 heterocycles. The molecule has 1 aromatic rings. The maximum atomic E-state index is 11.7. The third kappa shape index (κ3) is 5.30. The molecule has 21 heavy (non-hydrogen) atoms. The van der Waals surface area contributed by atoms with Crippen LogP contribution >= 0.6 is 15.9 Å². The van der Waals surface area contributed by atoms with E-state index in [4.69, 9.17) is 4.74 Å². The van der Waals surface area contributed by atoms with Crippen molar-refractivity contribution in [1.29, 1.82) is 0 Å². The van der Waals surface area contributed by atoms with Crippen molar-refractivity contribution in [2.24, 2.45) is 5.92 Å². The first-order valence-corrected chi connectivity index (χ1v) is 8.50. The van der Waals surface area contributed by atoms with Crippen LogP contribution in [0.5, 0.6) is 0 Å². The fourth-order valence-corrected chi connectivity index (χ4v) is 2.78. The van der Waals surface area contributed by atoms with Gasteiger partial charge < -0.3 is 9.64 Å². The van der Waals surface area contributed by atoms with Crippen molar-refractivity contribution in [3.05, 3.63) is 22.8 Å². The number of halogens is 1. The molecule has 0 N–H and O–H groups in total. The molecule has 1 aliphatic rings. The minimum Gasteiger partial charge on any atom is -0.466 e. The minimum absolute atomic E-state index is 0.0383. The Kier molecular flexibility index (Phi) is 6.49. The average molecular weight is 355 g/mol. The van der Waals surface area contributed by atoms with E-state index in [9.17, 15) is 4.79 Å².